The Labute approximate surface area is 304 Å². The molecule has 0 aromatic heterocycles. The second-order valence-electron chi connectivity index (χ2n) is 12.9. The summed E-state index contributed by atoms with van der Waals surface area (Å²) in [7, 11) is -9.12. The predicted molar refractivity (Wildman–Crippen MR) is 206 cm³/mol. The van der Waals surface area contributed by atoms with E-state index in [0.717, 1.165) is 29.8 Å². The predicted octanol–water partition coefficient (Wildman–Crippen LogP) is 9.54. The first kappa shape index (κ1) is 37.0. The van der Waals surface area contributed by atoms with Crippen LogP contribution in [0.25, 0.3) is 33.4 Å². The zero-order valence-electron chi connectivity index (χ0n) is 30.0. The van der Waals surface area contributed by atoms with Gasteiger partial charge in [0.05, 0.1) is 11.0 Å². The third-order valence-corrected chi connectivity index (χ3v) is 11.5. The average Bonchev–Trinajstić information content (AvgIpc) is 3.10. The molecule has 4 aromatic carbocycles. The minimum absolute atomic E-state index is 0.141. The summed E-state index contributed by atoms with van der Waals surface area (Å²) in [5.74, 6) is 0.392. The summed E-state index contributed by atoms with van der Waals surface area (Å²) in [6, 6.07) is 23.3. The zero-order valence-corrected chi connectivity index (χ0v) is 31.7. The van der Waals surface area contributed by atoms with Crippen LogP contribution in [0.3, 0.4) is 0 Å². The van der Waals surface area contributed by atoms with Gasteiger partial charge in [0.15, 0.2) is 0 Å². The number of nitrogens with zero attached hydrogens (tertiary/aromatic N) is 1. The SMILES string of the molecule is CCc1cc(C)c(S(=O)(=O)O)c(CC)c1/N=c1\ccc2c(-c3ccccc3S(=O)(=O)O)c3ccc(Nc4c(CC)cc(C)cc4CC)cc3oc-2c1. The van der Waals surface area contributed by atoms with Crippen LogP contribution < -0.4 is 10.7 Å². The van der Waals surface area contributed by atoms with Gasteiger partial charge < -0.3 is 9.73 Å². The maximum atomic E-state index is 12.6. The van der Waals surface area contributed by atoms with Crippen LogP contribution in [0, 0.1) is 13.8 Å². The van der Waals surface area contributed by atoms with E-state index in [4.69, 9.17) is 9.41 Å². The van der Waals surface area contributed by atoms with Gasteiger partial charge in [0, 0.05) is 45.6 Å². The van der Waals surface area contributed by atoms with Crippen LogP contribution in [-0.2, 0) is 45.9 Å². The minimum Gasteiger partial charge on any atom is -0.456 e. The van der Waals surface area contributed by atoms with Crippen molar-refractivity contribution in [1.29, 1.82) is 0 Å². The second-order valence-corrected chi connectivity index (χ2v) is 15.7. The number of hydrogen-bond acceptors (Lipinski definition) is 7. The van der Waals surface area contributed by atoms with E-state index in [1.165, 1.54) is 22.8 Å². The number of aryl methyl sites for hydroxylation is 5. The number of anilines is 2. The second kappa shape index (κ2) is 14.3. The monoisotopic (exact) mass is 738 g/mol. The third kappa shape index (κ3) is 7.01. The topological polar surface area (TPSA) is 146 Å². The molecule has 270 valence electrons. The van der Waals surface area contributed by atoms with Crippen molar-refractivity contribution in [3.63, 3.8) is 0 Å². The summed E-state index contributed by atoms with van der Waals surface area (Å²) in [6.45, 7) is 11.8. The van der Waals surface area contributed by atoms with Crippen molar-refractivity contribution in [3.8, 4) is 22.5 Å². The molecule has 0 saturated carbocycles. The van der Waals surface area contributed by atoms with Crippen molar-refractivity contribution in [2.45, 2.75) is 77.0 Å². The lowest BCUT2D eigenvalue weighted by Gasteiger charge is -2.19. The number of nitrogens with one attached hydrogen (secondary N) is 1. The van der Waals surface area contributed by atoms with Crippen LogP contribution in [0.5, 0.6) is 0 Å². The molecule has 1 aliphatic carbocycles. The van der Waals surface area contributed by atoms with Gasteiger partial charge in [-0.05, 0) is 97.7 Å². The molecule has 52 heavy (non-hydrogen) atoms. The lowest BCUT2D eigenvalue weighted by atomic mass is 9.93. The van der Waals surface area contributed by atoms with Crippen molar-refractivity contribution in [2.24, 2.45) is 4.99 Å². The fourth-order valence-electron chi connectivity index (χ4n) is 7.18. The molecular formula is C41H42N2O7S2. The Balaban J connectivity index is 1.65. The van der Waals surface area contributed by atoms with Gasteiger partial charge in [0.25, 0.3) is 20.2 Å². The van der Waals surface area contributed by atoms with Crippen LogP contribution in [0.1, 0.15) is 61.1 Å². The molecule has 3 N–H and O–H groups in total. The molecule has 0 unspecified atom stereocenters. The Morgan fingerprint density at radius 2 is 1.38 bits per heavy atom. The van der Waals surface area contributed by atoms with Crippen LogP contribution in [0.15, 0.2) is 98.1 Å². The first-order chi connectivity index (χ1) is 24.7. The molecule has 0 amide bonds. The Hall–Kier alpha value is -4.81. The summed E-state index contributed by atoms with van der Waals surface area (Å²) in [5, 5.41) is 4.71. The van der Waals surface area contributed by atoms with E-state index in [-0.39, 0.29) is 9.79 Å². The fourth-order valence-corrected chi connectivity index (χ4v) is 8.90. The molecule has 2 aliphatic rings. The molecule has 1 heterocycles. The van der Waals surface area contributed by atoms with Gasteiger partial charge in [-0.3, -0.25) is 9.11 Å². The van der Waals surface area contributed by atoms with Gasteiger partial charge in [-0.15, -0.1) is 0 Å². The first-order valence-electron chi connectivity index (χ1n) is 17.3. The summed E-state index contributed by atoms with van der Waals surface area (Å²) in [5.41, 5.74) is 9.43. The smallest absolute Gasteiger partial charge is 0.295 e. The van der Waals surface area contributed by atoms with E-state index in [9.17, 15) is 25.9 Å². The van der Waals surface area contributed by atoms with Crippen molar-refractivity contribution in [3.05, 3.63) is 118 Å². The standard InChI is InChI=1S/C41H42N2O7S2/c1-7-26-19-24(5)20-27(8-2)39(26)42-29-15-17-32-35(22-29)50-36-23-30(16-18-33(36)38(32)34-13-11-12-14-37(34)51(44,45)46)43-40-28(9-3)21-25(6)41(31(40)10-4)52(47,48)49/h11-23,42H,7-10H2,1-6H3,(H,44,45,46)(H,47,48,49)/b43-30+. The van der Waals surface area contributed by atoms with Crippen LogP contribution in [0.4, 0.5) is 17.1 Å². The highest BCUT2D eigenvalue weighted by atomic mass is 32.2. The van der Waals surface area contributed by atoms with Gasteiger partial charge in [0.2, 0.25) is 0 Å². The molecule has 0 fully saturated rings. The highest BCUT2D eigenvalue weighted by Gasteiger charge is 2.25. The van der Waals surface area contributed by atoms with E-state index in [2.05, 4.69) is 38.2 Å². The summed E-state index contributed by atoms with van der Waals surface area (Å²) < 4.78 is 77.2. The number of benzene rings is 5. The Bertz CT molecular complexity index is 2600. The Morgan fingerprint density at radius 1 is 0.712 bits per heavy atom. The maximum Gasteiger partial charge on any atom is 0.295 e. The fraction of sp³-hybridized carbons (Fsp3) is 0.244. The van der Waals surface area contributed by atoms with E-state index >= 15 is 0 Å². The summed E-state index contributed by atoms with van der Waals surface area (Å²) >= 11 is 0. The van der Waals surface area contributed by atoms with Gasteiger partial charge >= 0.3 is 0 Å². The molecule has 11 heteroatoms. The van der Waals surface area contributed by atoms with Gasteiger partial charge in [0.1, 0.15) is 21.1 Å². The number of rotatable bonds is 10. The van der Waals surface area contributed by atoms with Crippen molar-refractivity contribution in [1.82, 2.24) is 0 Å². The number of fused-ring (bicyclic) bond motifs is 2. The van der Waals surface area contributed by atoms with Crippen molar-refractivity contribution < 1.29 is 30.4 Å². The van der Waals surface area contributed by atoms with Crippen molar-refractivity contribution >= 4 is 48.3 Å². The molecule has 1 aliphatic heterocycles. The summed E-state index contributed by atoms with van der Waals surface area (Å²) in [4.78, 5) is 4.54. The molecule has 0 spiro atoms. The van der Waals surface area contributed by atoms with E-state index < -0.39 is 20.2 Å². The third-order valence-electron chi connectivity index (χ3n) is 9.46. The lowest BCUT2D eigenvalue weighted by molar-refractivity contribution is 0.480. The van der Waals surface area contributed by atoms with E-state index in [1.54, 1.807) is 49.4 Å². The Morgan fingerprint density at radius 3 is 2.00 bits per heavy atom. The molecule has 6 rings (SSSR count). The highest BCUT2D eigenvalue weighted by Crippen LogP contribution is 2.43. The van der Waals surface area contributed by atoms with E-state index in [0.29, 0.717) is 68.4 Å². The zero-order chi connectivity index (χ0) is 37.5. The minimum atomic E-state index is -4.60. The Kier molecular flexibility index (Phi) is 10.2. The van der Waals surface area contributed by atoms with Crippen molar-refractivity contribution in [2.75, 3.05) is 5.32 Å². The number of hydrogen-bond donors (Lipinski definition) is 3. The molecule has 0 atom stereocenters. The summed E-state index contributed by atoms with van der Waals surface area (Å²) in [6.07, 6.45) is 2.58. The van der Waals surface area contributed by atoms with Gasteiger partial charge in [-0.25, -0.2) is 4.99 Å². The average molecular weight is 739 g/mol. The van der Waals surface area contributed by atoms with E-state index in [1.807, 2.05) is 32.0 Å². The maximum absolute atomic E-state index is 12.6. The molecule has 0 saturated heterocycles. The van der Waals surface area contributed by atoms with Gasteiger partial charge in [-0.1, -0.05) is 69.7 Å². The quantitative estimate of drug-likeness (QED) is 0.0931. The van der Waals surface area contributed by atoms with Crippen LogP contribution >= 0.6 is 0 Å². The molecular weight excluding hydrogens is 697 g/mol. The molecule has 4 aromatic rings. The molecule has 9 nitrogen and oxygen atoms in total. The normalized spacial score (nSPS) is 12.6. The lowest BCUT2D eigenvalue weighted by Crippen LogP contribution is -2.09. The van der Waals surface area contributed by atoms with Crippen LogP contribution in [-0.4, -0.2) is 25.9 Å². The van der Waals surface area contributed by atoms with Crippen LogP contribution in [0.2, 0.25) is 0 Å². The molecule has 0 radical (unpaired) electrons. The largest absolute Gasteiger partial charge is 0.456 e. The van der Waals surface area contributed by atoms with Gasteiger partial charge in [-0.2, -0.15) is 16.8 Å². The highest BCUT2D eigenvalue weighted by molar-refractivity contribution is 7.86. The molecule has 0 bridgehead atoms. The first-order valence-corrected chi connectivity index (χ1v) is 20.2.